The number of benzene rings is 4. The number of nitro benzene ring substituents is 2. The lowest BCUT2D eigenvalue weighted by molar-refractivity contribution is -0.386. The maximum atomic E-state index is 15.3. The van der Waals surface area contributed by atoms with Crippen LogP contribution in [0.1, 0.15) is 33.4 Å². The van der Waals surface area contributed by atoms with Crippen molar-refractivity contribution in [2.75, 3.05) is 0 Å². The van der Waals surface area contributed by atoms with Gasteiger partial charge in [0.2, 0.25) is 5.41 Å². The monoisotopic (exact) mass is 626 g/mol. The number of hydrogen-bond donors (Lipinski definition) is 2. The molecule has 0 atom stereocenters. The Morgan fingerprint density at radius 3 is 1.16 bits per heavy atom. The molecule has 228 valence electrons. The molecule has 0 aliphatic heterocycles. The molecule has 4 rings (SSSR count). The first-order valence-electron chi connectivity index (χ1n) is 12.4. The Balaban J connectivity index is 2.28. The van der Waals surface area contributed by atoms with E-state index < -0.39 is 72.7 Å². The summed E-state index contributed by atoms with van der Waals surface area (Å²) in [6.45, 7) is 0. The van der Waals surface area contributed by atoms with Gasteiger partial charge in [-0.1, -0.05) is 72.2 Å². The lowest BCUT2D eigenvalue weighted by atomic mass is 9.69. The molecule has 0 fully saturated rings. The van der Waals surface area contributed by atoms with E-state index in [1.165, 1.54) is 60.7 Å². The highest BCUT2D eigenvalue weighted by molar-refractivity contribution is 5.72. The van der Waals surface area contributed by atoms with Crippen molar-refractivity contribution in [3.63, 3.8) is 0 Å². The molecule has 0 aromatic heterocycles. The molecule has 0 bridgehead atoms. The van der Waals surface area contributed by atoms with Crippen LogP contribution in [0.15, 0.2) is 84.9 Å². The van der Waals surface area contributed by atoms with Crippen molar-refractivity contribution in [1.82, 2.24) is 0 Å². The van der Waals surface area contributed by atoms with E-state index in [0.29, 0.717) is 0 Å². The number of aromatic hydroxyl groups is 2. The third-order valence-electron chi connectivity index (χ3n) is 6.55. The van der Waals surface area contributed by atoms with E-state index in [4.69, 9.17) is 0 Å². The molecule has 0 unspecified atom stereocenters. The number of phenolic OH excluding ortho intramolecular Hbond substituents is 2. The predicted molar refractivity (Wildman–Crippen MR) is 147 cm³/mol. The molecular weight excluding hydrogens is 610 g/mol. The SMILES string of the molecule is O=[N+]([O-])c1c(O)ccc(C(c2ccc(O)c([N+](=O)[O-])c2C#Cc2ccccc2)(C(F)(F)F)C(F)(F)F)c1C#Cc1ccccc1. The lowest BCUT2D eigenvalue weighted by Crippen LogP contribution is -2.55. The number of hydrogen-bond acceptors (Lipinski definition) is 6. The van der Waals surface area contributed by atoms with Crippen molar-refractivity contribution in [1.29, 1.82) is 0 Å². The zero-order valence-electron chi connectivity index (χ0n) is 22.3. The van der Waals surface area contributed by atoms with Crippen molar-refractivity contribution in [2.45, 2.75) is 17.8 Å². The van der Waals surface area contributed by atoms with Crippen LogP contribution in [0, 0.1) is 43.9 Å². The molecule has 14 heteroatoms. The van der Waals surface area contributed by atoms with Gasteiger partial charge in [0.05, 0.1) is 9.85 Å². The highest BCUT2D eigenvalue weighted by Crippen LogP contribution is 2.59. The lowest BCUT2D eigenvalue weighted by Gasteiger charge is -2.39. The van der Waals surface area contributed by atoms with E-state index in [-0.39, 0.29) is 35.4 Å². The number of rotatable bonds is 4. The van der Waals surface area contributed by atoms with Gasteiger partial charge in [-0.2, -0.15) is 26.3 Å². The van der Waals surface area contributed by atoms with Crippen LogP contribution in [0.4, 0.5) is 37.7 Å². The minimum atomic E-state index is -6.42. The van der Waals surface area contributed by atoms with Crippen LogP contribution >= 0.6 is 0 Å². The summed E-state index contributed by atoms with van der Waals surface area (Å²) in [5.74, 6) is 5.95. The Morgan fingerprint density at radius 2 is 0.867 bits per heavy atom. The molecule has 0 aliphatic carbocycles. The number of nitro groups is 2. The second-order valence-electron chi connectivity index (χ2n) is 9.20. The fraction of sp³-hybridized carbons (Fsp3) is 0.0968. The first-order chi connectivity index (χ1) is 21.1. The van der Waals surface area contributed by atoms with Crippen LogP contribution in [0.3, 0.4) is 0 Å². The third kappa shape index (κ3) is 5.81. The summed E-state index contributed by atoms with van der Waals surface area (Å²) in [7, 11) is 0. The standard InChI is InChI=1S/C31H16F6N2O6/c32-30(33,34)29(31(35,36)37,23-15-17-25(40)27(38(42)43)21(23)13-11-19-7-3-1-4-8-19)24-16-18-26(41)28(39(44)45)22(24)14-12-20-9-5-2-6-10-20/h1-10,15-18,40-41H. The molecular formula is C31H16F6N2O6. The zero-order chi connectivity index (χ0) is 33.2. The highest BCUT2D eigenvalue weighted by Gasteiger charge is 2.74. The number of alkyl halides is 6. The van der Waals surface area contributed by atoms with Crippen molar-refractivity contribution in [3.05, 3.63) is 139 Å². The van der Waals surface area contributed by atoms with Crippen LogP contribution in [-0.4, -0.2) is 32.4 Å². The summed E-state index contributed by atoms with van der Waals surface area (Å²) in [5.41, 5.74) is -15.0. The summed E-state index contributed by atoms with van der Waals surface area (Å²) in [6.07, 6.45) is -12.8. The molecule has 0 radical (unpaired) electrons. The minimum Gasteiger partial charge on any atom is -0.502 e. The summed E-state index contributed by atoms with van der Waals surface area (Å²) < 4.78 is 91.9. The predicted octanol–water partition coefficient (Wildman–Crippen LogP) is 7.12. The molecule has 4 aromatic rings. The summed E-state index contributed by atoms with van der Waals surface area (Å²) in [4.78, 5) is 21.1. The smallest absolute Gasteiger partial charge is 0.411 e. The molecule has 0 heterocycles. The van der Waals surface area contributed by atoms with E-state index in [2.05, 4.69) is 11.8 Å². The van der Waals surface area contributed by atoms with Gasteiger partial charge in [-0.25, -0.2) is 0 Å². The number of halogens is 6. The van der Waals surface area contributed by atoms with E-state index in [9.17, 15) is 30.4 Å². The van der Waals surface area contributed by atoms with Crippen LogP contribution in [0.2, 0.25) is 0 Å². The van der Waals surface area contributed by atoms with Crippen molar-refractivity contribution >= 4 is 11.4 Å². The summed E-state index contributed by atoms with van der Waals surface area (Å²) in [5, 5.41) is 44.4. The van der Waals surface area contributed by atoms with Crippen LogP contribution in [0.25, 0.3) is 0 Å². The molecule has 0 spiro atoms. The Bertz CT molecular complexity index is 1780. The zero-order valence-corrected chi connectivity index (χ0v) is 22.3. The van der Waals surface area contributed by atoms with E-state index >= 15 is 26.3 Å². The molecule has 4 aromatic carbocycles. The normalized spacial score (nSPS) is 11.5. The Labute approximate surface area is 249 Å². The quantitative estimate of drug-likeness (QED) is 0.108. The first-order valence-corrected chi connectivity index (χ1v) is 12.4. The topological polar surface area (TPSA) is 127 Å². The van der Waals surface area contributed by atoms with Crippen molar-refractivity contribution in [3.8, 4) is 35.2 Å². The molecule has 8 nitrogen and oxygen atoms in total. The average molecular weight is 626 g/mol. The molecule has 0 aliphatic rings. The molecule has 0 saturated heterocycles. The van der Waals surface area contributed by atoms with Gasteiger partial charge in [-0.15, -0.1) is 0 Å². The largest absolute Gasteiger partial charge is 0.502 e. The second-order valence-corrected chi connectivity index (χ2v) is 9.20. The van der Waals surface area contributed by atoms with E-state index in [1.807, 2.05) is 11.8 Å². The van der Waals surface area contributed by atoms with Gasteiger partial charge >= 0.3 is 23.7 Å². The van der Waals surface area contributed by atoms with Gasteiger partial charge in [0.1, 0.15) is 11.1 Å². The second kappa shape index (κ2) is 11.9. The fourth-order valence-corrected chi connectivity index (χ4v) is 4.64. The van der Waals surface area contributed by atoms with Gasteiger partial charge in [-0.05, 0) is 36.4 Å². The van der Waals surface area contributed by atoms with E-state index in [1.54, 1.807) is 0 Å². The van der Waals surface area contributed by atoms with Crippen LogP contribution in [0.5, 0.6) is 11.5 Å². The van der Waals surface area contributed by atoms with Crippen LogP contribution in [-0.2, 0) is 5.41 Å². The molecule has 0 amide bonds. The Hall–Kier alpha value is -6.02. The van der Waals surface area contributed by atoms with Gasteiger partial charge in [0.15, 0.2) is 11.5 Å². The maximum Gasteiger partial charge on any atom is 0.411 e. The fourth-order valence-electron chi connectivity index (χ4n) is 4.64. The average Bonchev–Trinajstić information content (AvgIpc) is 2.96. The molecule has 2 N–H and O–H groups in total. The van der Waals surface area contributed by atoms with Gasteiger partial charge < -0.3 is 10.2 Å². The van der Waals surface area contributed by atoms with Crippen molar-refractivity contribution < 1.29 is 46.4 Å². The number of nitrogens with zero attached hydrogens (tertiary/aromatic N) is 2. The summed E-state index contributed by atoms with van der Waals surface area (Å²) >= 11 is 0. The van der Waals surface area contributed by atoms with Gasteiger partial charge in [0, 0.05) is 22.3 Å². The molecule has 45 heavy (non-hydrogen) atoms. The molecule has 0 saturated carbocycles. The third-order valence-corrected chi connectivity index (χ3v) is 6.55. The van der Waals surface area contributed by atoms with E-state index in [0.717, 1.165) is 0 Å². The van der Waals surface area contributed by atoms with Crippen molar-refractivity contribution in [2.24, 2.45) is 0 Å². The Morgan fingerprint density at radius 1 is 0.533 bits per heavy atom. The van der Waals surface area contributed by atoms with Gasteiger partial charge in [0.25, 0.3) is 0 Å². The first kappa shape index (κ1) is 31.9. The maximum absolute atomic E-state index is 15.3. The Kier molecular flexibility index (Phi) is 8.46. The van der Waals surface area contributed by atoms with Gasteiger partial charge in [-0.3, -0.25) is 20.2 Å². The minimum absolute atomic E-state index is 0.0420. The summed E-state index contributed by atoms with van der Waals surface area (Å²) in [6, 6.07) is 14.9. The number of phenols is 2. The van der Waals surface area contributed by atoms with Crippen LogP contribution < -0.4 is 0 Å². The highest BCUT2D eigenvalue weighted by atomic mass is 19.4.